The molecule has 0 bridgehead atoms. The van der Waals surface area contributed by atoms with Crippen molar-refractivity contribution in [3.05, 3.63) is 23.2 Å². The van der Waals surface area contributed by atoms with E-state index in [1.807, 2.05) is 6.08 Å². The predicted molar refractivity (Wildman–Crippen MR) is 36.8 cm³/mol. The minimum absolute atomic E-state index is 0.925. The summed E-state index contributed by atoms with van der Waals surface area (Å²) >= 11 is 0. The lowest BCUT2D eigenvalue weighted by Crippen LogP contribution is -1.87. The van der Waals surface area contributed by atoms with Crippen molar-refractivity contribution < 1.29 is 0 Å². The van der Waals surface area contributed by atoms with Gasteiger partial charge < -0.3 is 0 Å². The van der Waals surface area contributed by atoms with Gasteiger partial charge in [-0.3, -0.25) is 0 Å². The normalized spacial score (nSPS) is 19.6. The summed E-state index contributed by atoms with van der Waals surface area (Å²) in [5.41, 5.74) is 2.32. The molecule has 0 fully saturated rings. The zero-order valence-corrected chi connectivity index (χ0v) is 5.15. The first-order valence-corrected chi connectivity index (χ1v) is 2.92. The summed E-state index contributed by atoms with van der Waals surface area (Å²) in [5.74, 6) is 0. The highest BCUT2D eigenvalue weighted by atomic mass is 14.0. The Morgan fingerprint density at radius 3 is 2.75 bits per heavy atom. The van der Waals surface area contributed by atoms with Gasteiger partial charge in [0.05, 0.1) is 0 Å². The molecule has 0 aliphatic heterocycles. The van der Waals surface area contributed by atoms with Gasteiger partial charge in [0, 0.05) is 0 Å². The van der Waals surface area contributed by atoms with Crippen molar-refractivity contribution in [1.29, 1.82) is 0 Å². The molecule has 0 N–H and O–H groups in total. The molecule has 0 saturated heterocycles. The van der Waals surface area contributed by atoms with Crippen LogP contribution in [0.3, 0.4) is 0 Å². The highest BCUT2D eigenvalue weighted by molar-refractivity contribution is 6.23. The van der Waals surface area contributed by atoms with Crippen LogP contribution >= 0.6 is 0 Å². The van der Waals surface area contributed by atoms with Crippen molar-refractivity contribution in [2.75, 3.05) is 0 Å². The summed E-state index contributed by atoms with van der Waals surface area (Å²) < 4.78 is 0. The molecule has 1 aliphatic rings. The van der Waals surface area contributed by atoms with Crippen molar-refractivity contribution in [2.24, 2.45) is 0 Å². The Kier molecular flexibility index (Phi) is 1.57. The fourth-order valence-corrected chi connectivity index (χ4v) is 0.882. The van der Waals surface area contributed by atoms with Crippen LogP contribution in [0.4, 0.5) is 0 Å². The Bertz CT molecular complexity index is 142. The van der Waals surface area contributed by atoms with E-state index in [0.29, 0.717) is 0 Å². The van der Waals surface area contributed by atoms with Crippen LogP contribution in [-0.2, 0) is 0 Å². The fourth-order valence-electron chi connectivity index (χ4n) is 0.882. The third-order valence-corrected chi connectivity index (χ3v) is 1.33. The van der Waals surface area contributed by atoms with E-state index in [4.69, 9.17) is 7.85 Å². The predicted octanol–water partition coefficient (Wildman–Crippen LogP) is 1.78. The van der Waals surface area contributed by atoms with E-state index in [1.165, 1.54) is 12.0 Å². The zero-order chi connectivity index (χ0) is 5.98. The standard InChI is InChI=1S/C7H9B/c1-6-3-2-4-7(8)5-6/h4-5H,2-3H2,1H3. The first-order chi connectivity index (χ1) is 3.79. The third-order valence-electron chi connectivity index (χ3n) is 1.33. The number of rotatable bonds is 0. The molecule has 0 saturated carbocycles. The lowest BCUT2D eigenvalue weighted by Gasteiger charge is -2.05. The maximum Gasteiger partial charge on any atom is 0.113 e. The van der Waals surface area contributed by atoms with Crippen LogP contribution < -0.4 is 0 Å². The molecule has 1 aliphatic carbocycles. The minimum atomic E-state index is 0.925. The second-order valence-corrected chi connectivity index (χ2v) is 2.23. The molecule has 8 heavy (non-hydrogen) atoms. The summed E-state index contributed by atoms with van der Waals surface area (Å²) in [6, 6.07) is 0. The molecule has 0 nitrogen and oxygen atoms in total. The van der Waals surface area contributed by atoms with Gasteiger partial charge in [0.2, 0.25) is 0 Å². The van der Waals surface area contributed by atoms with Gasteiger partial charge in [-0.05, 0) is 19.8 Å². The van der Waals surface area contributed by atoms with Gasteiger partial charge in [-0.1, -0.05) is 17.7 Å². The van der Waals surface area contributed by atoms with Gasteiger partial charge in [-0.15, -0.1) is 5.47 Å². The van der Waals surface area contributed by atoms with Crippen molar-refractivity contribution in [3.63, 3.8) is 0 Å². The van der Waals surface area contributed by atoms with Gasteiger partial charge in [-0.2, -0.15) is 0 Å². The van der Waals surface area contributed by atoms with Crippen LogP contribution in [0.5, 0.6) is 0 Å². The summed E-state index contributed by atoms with van der Waals surface area (Å²) in [6.07, 6.45) is 6.39. The smallest absolute Gasteiger partial charge is 0.101 e. The van der Waals surface area contributed by atoms with Crippen LogP contribution in [0.2, 0.25) is 0 Å². The molecule has 0 amide bonds. The Balaban J connectivity index is 2.69. The number of allylic oxidation sites excluding steroid dienone is 4. The van der Waals surface area contributed by atoms with Crippen LogP contribution in [0.25, 0.3) is 0 Å². The van der Waals surface area contributed by atoms with Crippen LogP contribution in [-0.4, -0.2) is 7.85 Å². The first kappa shape index (κ1) is 5.68. The molecule has 0 spiro atoms. The van der Waals surface area contributed by atoms with E-state index in [1.54, 1.807) is 0 Å². The van der Waals surface area contributed by atoms with Crippen LogP contribution in [0.1, 0.15) is 19.8 Å². The second-order valence-electron chi connectivity index (χ2n) is 2.23. The third kappa shape index (κ3) is 1.26. The Hall–Kier alpha value is -0.455. The minimum Gasteiger partial charge on any atom is -0.101 e. The highest BCUT2D eigenvalue weighted by Crippen LogP contribution is 2.13. The van der Waals surface area contributed by atoms with Crippen molar-refractivity contribution in [3.8, 4) is 0 Å². The summed E-state index contributed by atoms with van der Waals surface area (Å²) in [5, 5.41) is 0. The lowest BCUT2D eigenvalue weighted by atomic mass is 9.88. The van der Waals surface area contributed by atoms with E-state index >= 15 is 0 Å². The maximum absolute atomic E-state index is 5.51. The van der Waals surface area contributed by atoms with Gasteiger partial charge in [0.25, 0.3) is 0 Å². The summed E-state index contributed by atoms with van der Waals surface area (Å²) in [4.78, 5) is 0. The number of hydrogen-bond acceptors (Lipinski definition) is 0. The first-order valence-electron chi connectivity index (χ1n) is 2.92. The highest BCUT2D eigenvalue weighted by Gasteiger charge is 1.94. The van der Waals surface area contributed by atoms with E-state index in [2.05, 4.69) is 13.0 Å². The van der Waals surface area contributed by atoms with Gasteiger partial charge >= 0.3 is 0 Å². The maximum atomic E-state index is 5.51. The molecule has 2 radical (unpaired) electrons. The van der Waals surface area contributed by atoms with Gasteiger partial charge in [0.15, 0.2) is 0 Å². The molecule has 0 aromatic rings. The SMILES string of the molecule is [B]C1=CCCC(C)=C1. The molecule has 0 unspecified atom stereocenters. The molecule has 0 aromatic carbocycles. The Morgan fingerprint density at radius 2 is 2.38 bits per heavy atom. The molecule has 1 rings (SSSR count). The quantitative estimate of drug-likeness (QED) is 0.411. The topological polar surface area (TPSA) is 0 Å². The molecule has 0 atom stereocenters. The van der Waals surface area contributed by atoms with E-state index in [9.17, 15) is 0 Å². The van der Waals surface area contributed by atoms with E-state index < -0.39 is 0 Å². The van der Waals surface area contributed by atoms with Crippen molar-refractivity contribution in [1.82, 2.24) is 0 Å². The van der Waals surface area contributed by atoms with Gasteiger partial charge in [0.1, 0.15) is 7.85 Å². The molecule has 0 aromatic heterocycles. The average Bonchev–Trinajstić information content (AvgIpc) is 1.64. The summed E-state index contributed by atoms with van der Waals surface area (Å²) in [7, 11) is 5.51. The van der Waals surface area contributed by atoms with E-state index in [0.717, 1.165) is 11.9 Å². The van der Waals surface area contributed by atoms with E-state index in [-0.39, 0.29) is 0 Å². The Labute approximate surface area is 51.7 Å². The molecule has 0 heterocycles. The lowest BCUT2D eigenvalue weighted by molar-refractivity contribution is 0.958. The zero-order valence-electron chi connectivity index (χ0n) is 5.15. The van der Waals surface area contributed by atoms with Crippen LogP contribution in [0.15, 0.2) is 23.2 Å². The molecule has 1 heteroatoms. The molecular weight excluding hydrogens is 94.9 g/mol. The van der Waals surface area contributed by atoms with Crippen molar-refractivity contribution in [2.45, 2.75) is 19.8 Å². The Morgan fingerprint density at radius 1 is 1.62 bits per heavy atom. The van der Waals surface area contributed by atoms with Crippen LogP contribution in [0, 0.1) is 0 Å². The largest absolute Gasteiger partial charge is 0.113 e. The average molecular weight is 104 g/mol. The number of hydrogen-bond donors (Lipinski definition) is 0. The monoisotopic (exact) mass is 104 g/mol. The fraction of sp³-hybridized carbons (Fsp3) is 0.429. The molecule has 40 valence electrons. The summed E-state index contributed by atoms with van der Waals surface area (Å²) in [6.45, 7) is 2.11. The molecular formula is C7H9B. The van der Waals surface area contributed by atoms with Gasteiger partial charge in [-0.25, -0.2) is 0 Å². The second kappa shape index (κ2) is 2.21. The van der Waals surface area contributed by atoms with Crippen molar-refractivity contribution >= 4 is 7.85 Å².